The molecule has 0 saturated carbocycles. The van der Waals surface area contributed by atoms with Gasteiger partial charge in [-0.3, -0.25) is 14.9 Å². The van der Waals surface area contributed by atoms with Gasteiger partial charge in [0.25, 0.3) is 5.69 Å². The first-order chi connectivity index (χ1) is 14.2. The molecule has 1 heterocycles. The number of aryl methyl sites for hydroxylation is 3. The molecule has 0 unspecified atom stereocenters. The van der Waals surface area contributed by atoms with Gasteiger partial charge in [0.15, 0.2) is 0 Å². The third kappa shape index (κ3) is 4.20. The van der Waals surface area contributed by atoms with E-state index in [1.807, 2.05) is 39.8 Å². The van der Waals surface area contributed by atoms with Gasteiger partial charge in [-0.25, -0.2) is 0 Å². The van der Waals surface area contributed by atoms with Gasteiger partial charge in [-0.1, -0.05) is 0 Å². The normalized spacial score (nSPS) is 11.6. The van der Waals surface area contributed by atoms with Crippen molar-refractivity contribution in [1.29, 1.82) is 0 Å². The number of carbonyl (C=O) groups is 1. The number of allylic oxidation sites excluding steroid dienone is 1. The molecule has 1 amide bonds. The van der Waals surface area contributed by atoms with Crippen molar-refractivity contribution in [2.45, 2.75) is 34.6 Å². The van der Waals surface area contributed by atoms with Gasteiger partial charge < -0.3 is 14.5 Å². The number of anilines is 1. The molecule has 3 rings (SSSR count). The summed E-state index contributed by atoms with van der Waals surface area (Å²) >= 11 is 0. The van der Waals surface area contributed by atoms with Crippen molar-refractivity contribution in [2.75, 3.05) is 11.9 Å². The summed E-state index contributed by atoms with van der Waals surface area (Å²) in [5, 5.41) is 14.6. The summed E-state index contributed by atoms with van der Waals surface area (Å²) in [6.07, 6.45) is 1.49. The summed E-state index contributed by atoms with van der Waals surface area (Å²) in [6, 6.07) is 8.15. The molecule has 1 aromatic heterocycles. The van der Waals surface area contributed by atoms with E-state index in [1.165, 1.54) is 24.3 Å². The van der Waals surface area contributed by atoms with E-state index >= 15 is 0 Å². The second kappa shape index (κ2) is 8.41. The number of furan rings is 1. The maximum absolute atomic E-state index is 12.6. The Bertz CT molecular complexity index is 1170. The average molecular weight is 408 g/mol. The molecule has 0 fully saturated rings. The van der Waals surface area contributed by atoms with Gasteiger partial charge in [-0.05, 0) is 63.5 Å². The minimum absolute atomic E-state index is 0.0161. The molecule has 2 aromatic carbocycles. The number of fused-ring (bicyclic) bond motifs is 1. The number of nitrogens with one attached hydrogen (secondary N) is 1. The predicted octanol–water partition coefficient (Wildman–Crippen LogP) is 5.71. The summed E-state index contributed by atoms with van der Waals surface area (Å²) in [4.78, 5) is 23.0. The largest absolute Gasteiger partial charge is 0.493 e. The van der Waals surface area contributed by atoms with Crippen LogP contribution in [0, 0.1) is 30.9 Å². The first kappa shape index (κ1) is 21.1. The maximum atomic E-state index is 12.6. The molecule has 156 valence electrons. The van der Waals surface area contributed by atoms with Crippen LogP contribution in [0.1, 0.15) is 36.3 Å². The Morgan fingerprint density at radius 2 is 1.97 bits per heavy atom. The molecular weight excluding hydrogens is 384 g/mol. The van der Waals surface area contributed by atoms with Crippen molar-refractivity contribution < 1.29 is 18.9 Å². The van der Waals surface area contributed by atoms with Crippen LogP contribution in [0.5, 0.6) is 5.75 Å². The maximum Gasteiger partial charge on any atom is 0.269 e. The molecule has 0 aliphatic carbocycles. The summed E-state index contributed by atoms with van der Waals surface area (Å²) in [5.41, 5.74) is 4.46. The van der Waals surface area contributed by atoms with Gasteiger partial charge in [-0.2, -0.15) is 0 Å². The van der Waals surface area contributed by atoms with Crippen molar-refractivity contribution in [1.82, 2.24) is 0 Å². The van der Waals surface area contributed by atoms with Gasteiger partial charge in [-0.15, -0.1) is 0 Å². The molecule has 7 nitrogen and oxygen atoms in total. The van der Waals surface area contributed by atoms with Crippen LogP contribution in [0.4, 0.5) is 11.4 Å². The lowest BCUT2D eigenvalue weighted by atomic mass is 10.0. The third-order valence-corrected chi connectivity index (χ3v) is 5.03. The molecule has 0 spiro atoms. The minimum Gasteiger partial charge on any atom is -0.493 e. The standard InChI is InChI=1S/C23H24N2O5/c1-6-29-21-12-22-19(15(4)16(5)30-22)11-18(21)13(2)10-23(26)24-20-8-7-17(25(27)28)9-14(20)3/h7-12H,6H2,1-5H3,(H,24,26)/b13-10+. The predicted molar refractivity (Wildman–Crippen MR) is 117 cm³/mol. The van der Waals surface area contributed by atoms with E-state index in [-0.39, 0.29) is 11.6 Å². The lowest BCUT2D eigenvalue weighted by Gasteiger charge is -2.12. The number of carbonyl (C=O) groups excluding carboxylic acids is 1. The molecule has 3 aromatic rings. The van der Waals surface area contributed by atoms with E-state index in [0.717, 1.165) is 33.4 Å². The van der Waals surface area contributed by atoms with Crippen LogP contribution >= 0.6 is 0 Å². The van der Waals surface area contributed by atoms with Gasteiger partial charge in [0, 0.05) is 40.9 Å². The van der Waals surface area contributed by atoms with Crippen LogP contribution in [0.2, 0.25) is 0 Å². The summed E-state index contributed by atoms with van der Waals surface area (Å²) in [6.45, 7) is 9.85. The number of hydrogen-bond acceptors (Lipinski definition) is 5. The molecule has 30 heavy (non-hydrogen) atoms. The Morgan fingerprint density at radius 1 is 1.23 bits per heavy atom. The second-order valence-electron chi connectivity index (χ2n) is 7.13. The van der Waals surface area contributed by atoms with Crippen LogP contribution in [-0.2, 0) is 4.79 Å². The number of amides is 1. The van der Waals surface area contributed by atoms with Crippen molar-refractivity contribution >= 4 is 33.8 Å². The molecule has 0 saturated heterocycles. The smallest absolute Gasteiger partial charge is 0.269 e. The number of rotatable bonds is 6. The first-order valence-corrected chi connectivity index (χ1v) is 9.62. The highest BCUT2D eigenvalue weighted by atomic mass is 16.6. The minimum atomic E-state index is -0.465. The lowest BCUT2D eigenvalue weighted by molar-refractivity contribution is -0.384. The second-order valence-corrected chi connectivity index (χ2v) is 7.13. The summed E-state index contributed by atoms with van der Waals surface area (Å²) in [5.74, 6) is 1.16. The molecule has 7 heteroatoms. The number of ether oxygens (including phenoxy) is 1. The molecule has 1 N–H and O–H groups in total. The average Bonchev–Trinajstić information content (AvgIpc) is 2.96. The number of nitro benzene ring substituents is 1. The van der Waals surface area contributed by atoms with E-state index in [2.05, 4.69) is 5.32 Å². The zero-order valence-electron chi connectivity index (χ0n) is 17.7. The highest BCUT2D eigenvalue weighted by Gasteiger charge is 2.15. The van der Waals surface area contributed by atoms with Crippen LogP contribution in [-0.4, -0.2) is 17.4 Å². The number of non-ortho nitro benzene ring substituents is 1. The van der Waals surface area contributed by atoms with Crippen LogP contribution in [0.25, 0.3) is 16.5 Å². The Balaban J connectivity index is 1.93. The number of benzene rings is 2. The highest BCUT2D eigenvalue weighted by Crippen LogP contribution is 2.35. The van der Waals surface area contributed by atoms with Gasteiger partial charge in [0.05, 0.1) is 11.5 Å². The van der Waals surface area contributed by atoms with E-state index in [4.69, 9.17) is 9.15 Å². The topological polar surface area (TPSA) is 94.6 Å². The van der Waals surface area contributed by atoms with E-state index < -0.39 is 4.92 Å². The van der Waals surface area contributed by atoms with Crippen LogP contribution in [0.3, 0.4) is 0 Å². The zero-order chi connectivity index (χ0) is 22.0. The van der Waals surface area contributed by atoms with Crippen molar-refractivity contribution in [3.63, 3.8) is 0 Å². The molecule has 0 bridgehead atoms. The van der Waals surface area contributed by atoms with Crippen LogP contribution < -0.4 is 10.1 Å². The Morgan fingerprint density at radius 3 is 2.60 bits per heavy atom. The molecule has 0 radical (unpaired) electrons. The molecule has 0 atom stereocenters. The monoisotopic (exact) mass is 408 g/mol. The van der Waals surface area contributed by atoms with E-state index in [0.29, 0.717) is 23.6 Å². The number of hydrogen-bond donors (Lipinski definition) is 1. The van der Waals surface area contributed by atoms with Crippen molar-refractivity contribution in [3.8, 4) is 5.75 Å². The summed E-state index contributed by atoms with van der Waals surface area (Å²) < 4.78 is 11.6. The molecule has 0 aliphatic heterocycles. The van der Waals surface area contributed by atoms with Crippen molar-refractivity contribution in [2.24, 2.45) is 0 Å². The first-order valence-electron chi connectivity index (χ1n) is 9.62. The van der Waals surface area contributed by atoms with E-state index in [9.17, 15) is 14.9 Å². The van der Waals surface area contributed by atoms with Crippen molar-refractivity contribution in [3.05, 3.63) is 69.0 Å². The van der Waals surface area contributed by atoms with Gasteiger partial charge in [0.1, 0.15) is 17.1 Å². The number of nitro groups is 1. The lowest BCUT2D eigenvalue weighted by Crippen LogP contribution is -2.10. The number of nitrogens with zero attached hydrogens (tertiary/aromatic N) is 1. The van der Waals surface area contributed by atoms with Gasteiger partial charge >= 0.3 is 0 Å². The SMILES string of the molecule is CCOc1cc2oc(C)c(C)c2cc1/C(C)=C/C(=O)Nc1ccc([N+](=O)[O-])cc1C. The zero-order valence-corrected chi connectivity index (χ0v) is 17.7. The fourth-order valence-electron chi connectivity index (χ4n) is 3.30. The summed E-state index contributed by atoms with van der Waals surface area (Å²) in [7, 11) is 0. The Labute approximate surface area is 174 Å². The van der Waals surface area contributed by atoms with Crippen LogP contribution in [0.15, 0.2) is 40.8 Å². The highest BCUT2D eigenvalue weighted by molar-refractivity contribution is 6.05. The Kier molecular flexibility index (Phi) is 5.91. The molecule has 0 aliphatic rings. The van der Waals surface area contributed by atoms with Gasteiger partial charge in [0.2, 0.25) is 5.91 Å². The third-order valence-electron chi connectivity index (χ3n) is 5.03. The quantitative estimate of drug-likeness (QED) is 0.320. The molecular formula is C23H24N2O5. The fourth-order valence-corrected chi connectivity index (χ4v) is 3.30. The van der Waals surface area contributed by atoms with E-state index in [1.54, 1.807) is 6.92 Å². The fraction of sp³-hybridized carbons (Fsp3) is 0.261. The Hall–Kier alpha value is -3.61.